The van der Waals surface area contributed by atoms with Crippen LogP contribution in [0.2, 0.25) is 0 Å². The zero-order valence-electron chi connectivity index (χ0n) is 40.3. The first-order valence-electron chi connectivity index (χ1n) is 25.3. The third-order valence-corrected chi connectivity index (χ3v) is 15.1. The Hall–Kier alpha value is -8.52. The molecular formula is C70H55N. The SMILES string of the molecule is C1=CCCC(C2(c3ccccc3)c3ccccc3C3(c4ccccc4-c4ccc(N(c5ccc(-c6ccc(-c7ccccc7)cc6)cc5)c5ccccc5-c5ccccc5)cc43)c3ccccc32)=C1.CC. The number of hydrogen-bond donors (Lipinski definition) is 0. The van der Waals surface area contributed by atoms with E-state index in [9.17, 15) is 0 Å². The summed E-state index contributed by atoms with van der Waals surface area (Å²) in [5.74, 6) is 0. The molecule has 1 nitrogen and oxygen atoms in total. The molecule has 0 aromatic heterocycles. The fourth-order valence-corrected chi connectivity index (χ4v) is 12.2. The lowest BCUT2D eigenvalue weighted by Crippen LogP contribution is -2.45. The molecule has 10 aromatic carbocycles. The van der Waals surface area contributed by atoms with Crippen LogP contribution in [0.25, 0.3) is 44.5 Å². The van der Waals surface area contributed by atoms with E-state index in [1.54, 1.807) is 0 Å². The number of fused-ring (bicyclic) bond motifs is 9. The predicted octanol–water partition coefficient (Wildman–Crippen LogP) is 18.5. The standard InChI is InChI=1S/C68H49N.C2H6/c1-5-21-48(22-6-1)49-37-39-50(40-38-49)51-41-43-55(44-42-51)69(66-36-20-14-29-57(66)52-23-7-2-8-24-52)56-45-46-59-58-30-13-15-31-60(58)68(65(59)47-56)63-34-18-16-32-61(63)67(53-25-9-3-10-26-53,54-27-11-4-12-28-54)62-33-17-19-35-64(62)68;1-2/h1-11,13-27,29-47H,12,28H2;1-2H3. The quantitative estimate of drug-likeness (QED) is 0.147. The van der Waals surface area contributed by atoms with Crippen molar-refractivity contribution >= 4 is 17.1 Å². The van der Waals surface area contributed by atoms with Gasteiger partial charge in [-0.05, 0) is 121 Å². The summed E-state index contributed by atoms with van der Waals surface area (Å²) in [4.78, 5) is 2.48. The van der Waals surface area contributed by atoms with Crippen LogP contribution in [0.15, 0.2) is 279 Å². The molecule has 0 saturated heterocycles. The molecule has 13 rings (SSSR count). The Labute approximate surface area is 419 Å². The lowest BCUT2D eigenvalue weighted by molar-refractivity contribution is 0.595. The number of nitrogens with zero attached hydrogens (tertiary/aromatic N) is 1. The molecule has 0 aliphatic heterocycles. The molecule has 0 bridgehead atoms. The van der Waals surface area contributed by atoms with E-state index < -0.39 is 10.8 Å². The van der Waals surface area contributed by atoms with Gasteiger partial charge in [-0.15, -0.1) is 0 Å². The van der Waals surface area contributed by atoms with Crippen molar-refractivity contribution in [1.29, 1.82) is 0 Å². The first-order valence-corrected chi connectivity index (χ1v) is 25.3. The highest BCUT2D eigenvalue weighted by Gasteiger charge is 2.57. The average molecular weight is 910 g/mol. The summed E-state index contributed by atoms with van der Waals surface area (Å²) in [6.07, 6.45) is 9.01. The Morgan fingerprint density at radius 1 is 0.338 bits per heavy atom. The molecule has 0 atom stereocenters. The fourth-order valence-electron chi connectivity index (χ4n) is 12.2. The highest BCUT2D eigenvalue weighted by Crippen LogP contribution is 2.65. The van der Waals surface area contributed by atoms with Crippen LogP contribution < -0.4 is 4.90 Å². The van der Waals surface area contributed by atoms with Gasteiger partial charge in [-0.1, -0.05) is 262 Å². The summed E-state index contributed by atoms with van der Waals surface area (Å²) in [5.41, 5.74) is 22.7. The van der Waals surface area contributed by atoms with E-state index in [1.807, 2.05) is 13.8 Å². The highest BCUT2D eigenvalue weighted by molar-refractivity contribution is 5.94. The zero-order chi connectivity index (χ0) is 47.8. The van der Waals surface area contributed by atoms with Gasteiger partial charge in [-0.2, -0.15) is 0 Å². The molecule has 71 heavy (non-hydrogen) atoms. The van der Waals surface area contributed by atoms with E-state index in [1.165, 1.54) is 89.0 Å². The van der Waals surface area contributed by atoms with Gasteiger partial charge in [-0.3, -0.25) is 0 Å². The van der Waals surface area contributed by atoms with Gasteiger partial charge in [0.15, 0.2) is 0 Å². The first kappa shape index (κ1) is 43.7. The average Bonchev–Trinajstić information content (AvgIpc) is 3.76. The van der Waals surface area contributed by atoms with Crippen molar-refractivity contribution in [3.05, 3.63) is 318 Å². The number of benzene rings is 10. The summed E-state index contributed by atoms with van der Waals surface area (Å²) in [6, 6.07) is 95.0. The minimum Gasteiger partial charge on any atom is -0.310 e. The molecule has 0 amide bonds. The van der Waals surface area contributed by atoms with Crippen molar-refractivity contribution in [1.82, 2.24) is 0 Å². The molecule has 10 aromatic rings. The van der Waals surface area contributed by atoms with Crippen LogP contribution in [0.4, 0.5) is 17.1 Å². The van der Waals surface area contributed by atoms with Crippen molar-refractivity contribution in [2.45, 2.75) is 37.5 Å². The third-order valence-electron chi connectivity index (χ3n) is 15.1. The molecule has 0 saturated carbocycles. The van der Waals surface area contributed by atoms with Gasteiger partial charge in [0.1, 0.15) is 0 Å². The smallest absolute Gasteiger partial charge is 0.0720 e. The van der Waals surface area contributed by atoms with Crippen molar-refractivity contribution in [3.8, 4) is 44.5 Å². The molecule has 0 fully saturated rings. The molecule has 1 heteroatoms. The lowest BCUT2D eigenvalue weighted by atomic mass is 9.50. The highest BCUT2D eigenvalue weighted by atomic mass is 15.1. The van der Waals surface area contributed by atoms with E-state index in [-0.39, 0.29) is 0 Å². The molecule has 3 aliphatic rings. The largest absolute Gasteiger partial charge is 0.310 e. The van der Waals surface area contributed by atoms with E-state index in [2.05, 4.69) is 278 Å². The van der Waals surface area contributed by atoms with Gasteiger partial charge < -0.3 is 4.90 Å². The van der Waals surface area contributed by atoms with Gasteiger partial charge >= 0.3 is 0 Å². The van der Waals surface area contributed by atoms with Crippen molar-refractivity contribution < 1.29 is 0 Å². The summed E-state index contributed by atoms with van der Waals surface area (Å²) < 4.78 is 0. The van der Waals surface area contributed by atoms with E-state index in [4.69, 9.17) is 0 Å². The predicted molar refractivity (Wildman–Crippen MR) is 299 cm³/mol. The Morgan fingerprint density at radius 2 is 0.775 bits per heavy atom. The molecular weight excluding hydrogens is 855 g/mol. The van der Waals surface area contributed by atoms with Gasteiger partial charge in [-0.25, -0.2) is 0 Å². The maximum absolute atomic E-state index is 2.53. The van der Waals surface area contributed by atoms with Crippen LogP contribution in [0.5, 0.6) is 0 Å². The third kappa shape index (κ3) is 6.98. The molecule has 1 spiro atoms. The molecule has 0 unspecified atom stereocenters. The monoisotopic (exact) mass is 909 g/mol. The van der Waals surface area contributed by atoms with Crippen LogP contribution in [0, 0.1) is 0 Å². The van der Waals surface area contributed by atoms with E-state index in [0.29, 0.717) is 0 Å². The second-order valence-electron chi connectivity index (χ2n) is 18.6. The Bertz CT molecular complexity index is 3530. The van der Waals surface area contributed by atoms with Crippen LogP contribution in [-0.2, 0) is 10.8 Å². The topological polar surface area (TPSA) is 3.24 Å². The van der Waals surface area contributed by atoms with Gasteiger partial charge in [0.2, 0.25) is 0 Å². The Kier molecular flexibility index (Phi) is 11.4. The molecule has 0 radical (unpaired) electrons. The Balaban J connectivity index is 0.00000256. The second-order valence-corrected chi connectivity index (χ2v) is 18.6. The Morgan fingerprint density at radius 3 is 1.35 bits per heavy atom. The number of anilines is 3. The fraction of sp³-hybridized carbons (Fsp3) is 0.0857. The summed E-state index contributed by atoms with van der Waals surface area (Å²) in [6.45, 7) is 4.00. The minimum atomic E-state index is -0.598. The first-order chi connectivity index (χ1) is 35.2. The minimum absolute atomic E-state index is 0.482. The van der Waals surface area contributed by atoms with Crippen LogP contribution in [0.1, 0.15) is 65.6 Å². The van der Waals surface area contributed by atoms with Crippen molar-refractivity contribution in [2.24, 2.45) is 0 Å². The maximum atomic E-state index is 2.53. The van der Waals surface area contributed by atoms with E-state index in [0.717, 1.165) is 29.9 Å². The van der Waals surface area contributed by atoms with Crippen LogP contribution >= 0.6 is 0 Å². The van der Waals surface area contributed by atoms with Crippen molar-refractivity contribution in [2.75, 3.05) is 4.90 Å². The number of allylic oxidation sites excluding steroid dienone is 4. The number of para-hydroxylation sites is 1. The molecule has 0 heterocycles. The maximum Gasteiger partial charge on any atom is 0.0720 e. The van der Waals surface area contributed by atoms with Gasteiger partial charge in [0.25, 0.3) is 0 Å². The van der Waals surface area contributed by atoms with Crippen LogP contribution in [-0.4, -0.2) is 0 Å². The number of hydrogen-bond acceptors (Lipinski definition) is 1. The second kappa shape index (κ2) is 18.4. The van der Waals surface area contributed by atoms with Gasteiger partial charge in [0.05, 0.1) is 16.5 Å². The summed E-state index contributed by atoms with van der Waals surface area (Å²) in [5, 5.41) is 0. The zero-order valence-corrected chi connectivity index (χ0v) is 40.3. The van der Waals surface area contributed by atoms with Gasteiger partial charge in [0, 0.05) is 16.9 Å². The summed E-state index contributed by atoms with van der Waals surface area (Å²) in [7, 11) is 0. The van der Waals surface area contributed by atoms with E-state index >= 15 is 0 Å². The molecule has 0 N–H and O–H groups in total. The normalized spacial score (nSPS) is 16.9. The summed E-state index contributed by atoms with van der Waals surface area (Å²) >= 11 is 0. The van der Waals surface area contributed by atoms with Crippen LogP contribution in [0.3, 0.4) is 0 Å². The van der Waals surface area contributed by atoms with Crippen molar-refractivity contribution in [3.63, 3.8) is 0 Å². The molecule has 3 aliphatic carbocycles. The lowest BCUT2D eigenvalue weighted by Gasteiger charge is -2.51. The number of rotatable bonds is 8. The molecule has 340 valence electrons.